The van der Waals surface area contributed by atoms with Crippen molar-refractivity contribution in [3.8, 4) is 5.75 Å². The summed E-state index contributed by atoms with van der Waals surface area (Å²) >= 11 is 0. The van der Waals surface area contributed by atoms with Gasteiger partial charge in [-0.3, -0.25) is 0 Å². The molecule has 2 nitrogen and oxygen atoms in total. The molecule has 0 saturated carbocycles. The lowest BCUT2D eigenvalue weighted by Gasteiger charge is -2.43. The third-order valence-corrected chi connectivity index (χ3v) is 4.05. The van der Waals surface area contributed by atoms with E-state index in [0.29, 0.717) is 0 Å². The molecule has 1 aromatic rings. The van der Waals surface area contributed by atoms with Crippen LogP contribution in [0.25, 0.3) is 0 Å². The molecule has 16 heavy (non-hydrogen) atoms. The Hall–Kier alpha value is -1.02. The van der Waals surface area contributed by atoms with Gasteiger partial charge < -0.3 is 9.64 Å². The second kappa shape index (κ2) is 3.77. The minimum atomic E-state index is 0.140. The molecule has 0 radical (unpaired) electrons. The lowest BCUT2D eigenvalue weighted by molar-refractivity contribution is -0.00875. The molecule has 2 aliphatic rings. The van der Waals surface area contributed by atoms with Gasteiger partial charge in [-0.2, -0.15) is 0 Å². The Morgan fingerprint density at radius 3 is 2.69 bits per heavy atom. The van der Waals surface area contributed by atoms with E-state index in [4.69, 9.17) is 4.74 Å². The Labute approximate surface area is 97.2 Å². The molecule has 0 N–H and O–H groups in total. The van der Waals surface area contributed by atoms with E-state index in [1.165, 1.54) is 44.3 Å². The molecule has 1 saturated heterocycles. The van der Waals surface area contributed by atoms with Crippen LogP contribution in [0.1, 0.15) is 24.8 Å². The molecule has 1 spiro atoms. The van der Waals surface area contributed by atoms with Crippen molar-refractivity contribution in [2.24, 2.45) is 0 Å². The number of nitrogens with zero attached hydrogens (tertiary/aromatic N) is 1. The SMILES string of the molecule is CN1CCC2(CCc3ccccc3O2)CC1. The molecule has 0 unspecified atom stereocenters. The van der Waals surface area contributed by atoms with E-state index in [1.54, 1.807) is 0 Å². The van der Waals surface area contributed by atoms with E-state index in [2.05, 4.69) is 36.2 Å². The van der Waals surface area contributed by atoms with Crippen LogP contribution >= 0.6 is 0 Å². The molecule has 0 atom stereocenters. The van der Waals surface area contributed by atoms with E-state index in [9.17, 15) is 0 Å². The summed E-state index contributed by atoms with van der Waals surface area (Å²) in [5.74, 6) is 1.12. The number of hydrogen-bond donors (Lipinski definition) is 0. The number of fused-ring (bicyclic) bond motifs is 1. The molecule has 0 aromatic heterocycles. The number of rotatable bonds is 0. The van der Waals surface area contributed by atoms with Gasteiger partial charge >= 0.3 is 0 Å². The lowest BCUT2D eigenvalue weighted by atomic mass is 9.83. The van der Waals surface area contributed by atoms with Crippen molar-refractivity contribution in [3.63, 3.8) is 0 Å². The summed E-state index contributed by atoms with van der Waals surface area (Å²) < 4.78 is 6.28. The van der Waals surface area contributed by atoms with Crippen molar-refractivity contribution >= 4 is 0 Å². The van der Waals surface area contributed by atoms with Crippen LogP contribution < -0.4 is 4.74 Å². The van der Waals surface area contributed by atoms with Gasteiger partial charge in [0.1, 0.15) is 11.4 Å². The van der Waals surface area contributed by atoms with Gasteiger partial charge in [0, 0.05) is 13.1 Å². The predicted octanol–water partition coefficient (Wildman–Crippen LogP) is 2.48. The molecule has 0 bridgehead atoms. The number of piperidine rings is 1. The Kier molecular flexibility index (Phi) is 2.40. The second-order valence-corrected chi connectivity index (χ2v) is 5.20. The third-order valence-electron chi connectivity index (χ3n) is 4.05. The zero-order valence-electron chi connectivity index (χ0n) is 9.91. The maximum absolute atomic E-state index is 6.28. The average molecular weight is 217 g/mol. The molecular formula is C14H19NO. The number of ether oxygens (including phenoxy) is 1. The van der Waals surface area contributed by atoms with Gasteiger partial charge in [-0.1, -0.05) is 18.2 Å². The fourth-order valence-electron chi connectivity index (χ4n) is 2.83. The second-order valence-electron chi connectivity index (χ2n) is 5.20. The summed E-state index contributed by atoms with van der Waals surface area (Å²) in [6.07, 6.45) is 4.73. The monoisotopic (exact) mass is 217 g/mol. The number of hydrogen-bond acceptors (Lipinski definition) is 2. The summed E-state index contributed by atoms with van der Waals surface area (Å²) in [6.45, 7) is 2.34. The highest BCUT2D eigenvalue weighted by Gasteiger charge is 2.38. The van der Waals surface area contributed by atoms with E-state index in [1.807, 2.05) is 0 Å². The van der Waals surface area contributed by atoms with Crippen LogP contribution in [-0.4, -0.2) is 30.6 Å². The Balaban J connectivity index is 1.82. The van der Waals surface area contributed by atoms with Crippen molar-refractivity contribution in [1.29, 1.82) is 0 Å². The Morgan fingerprint density at radius 2 is 1.88 bits per heavy atom. The first-order valence-corrected chi connectivity index (χ1v) is 6.23. The first kappa shape index (κ1) is 10.2. The number of benzene rings is 1. The van der Waals surface area contributed by atoms with Gasteiger partial charge in [0.05, 0.1) is 0 Å². The van der Waals surface area contributed by atoms with E-state index in [-0.39, 0.29) is 5.60 Å². The van der Waals surface area contributed by atoms with Crippen LogP contribution in [0.3, 0.4) is 0 Å². The van der Waals surface area contributed by atoms with Crippen LogP contribution in [-0.2, 0) is 6.42 Å². The van der Waals surface area contributed by atoms with Gasteiger partial charge in [-0.05, 0) is 44.4 Å². The Morgan fingerprint density at radius 1 is 1.12 bits per heavy atom. The third kappa shape index (κ3) is 1.71. The van der Waals surface area contributed by atoms with Crippen molar-refractivity contribution in [2.45, 2.75) is 31.3 Å². The first-order valence-electron chi connectivity index (χ1n) is 6.23. The van der Waals surface area contributed by atoms with Crippen LogP contribution in [0.15, 0.2) is 24.3 Å². The predicted molar refractivity (Wildman–Crippen MR) is 64.9 cm³/mol. The molecule has 2 heteroatoms. The normalized spacial score (nSPS) is 23.8. The highest BCUT2D eigenvalue weighted by Crippen LogP contribution is 2.38. The van der Waals surface area contributed by atoms with Crippen molar-refractivity contribution in [1.82, 2.24) is 4.90 Å². The van der Waals surface area contributed by atoms with Crippen LogP contribution in [0.4, 0.5) is 0 Å². The molecule has 0 aliphatic carbocycles. The smallest absolute Gasteiger partial charge is 0.123 e. The van der Waals surface area contributed by atoms with E-state index in [0.717, 1.165) is 5.75 Å². The maximum Gasteiger partial charge on any atom is 0.123 e. The topological polar surface area (TPSA) is 12.5 Å². The molecular weight excluding hydrogens is 198 g/mol. The zero-order valence-corrected chi connectivity index (χ0v) is 9.91. The van der Waals surface area contributed by atoms with Crippen LogP contribution in [0, 0.1) is 0 Å². The highest BCUT2D eigenvalue weighted by molar-refractivity contribution is 5.36. The minimum absolute atomic E-state index is 0.140. The Bertz CT molecular complexity index is 380. The van der Waals surface area contributed by atoms with E-state index < -0.39 is 0 Å². The van der Waals surface area contributed by atoms with Gasteiger partial charge in [0.15, 0.2) is 0 Å². The van der Waals surface area contributed by atoms with Crippen molar-refractivity contribution in [2.75, 3.05) is 20.1 Å². The number of para-hydroxylation sites is 1. The summed E-state index contributed by atoms with van der Waals surface area (Å²) in [5, 5.41) is 0. The van der Waals surface area contributed by atoms with Gasteiger partial charge in [-0.25, -0.2) is 0 Å². The first-order chi connectivity index (χ1) is 7.77. The van der Waals surface area contributed by atoms with Gasteiger partial charge in [0.25, 0.3) is 0 Å². The zero-order chi connectivity index (χ0) is 11.0. The summed E-state index contributed by atoms with van der Waals surface area (Å²) in [4.78, 5) is 2.40. The van der Waals surface area contributed by atoms with Crippen molar-refractivity contribution < 1.29 is 4.74 Å². The molecule has 3 rings (SSSR count). The summed E-state index contributed by atoms with van der Waals surface area (Å²) in [5.41, 5.74) is 1.52. The molecule has 1 fully saturated rings. The van der Waals surface area contributed by atoms with Crippen molar-refractivity contribution in [3.05, 3.63) is 29.8 Å². The fourth-order valence-corrected chi connectivity index (χ4v) is 2.83. The van der Waals surface area contributed by atoms with Crippen LogP contribution in [0.5, 0.6) is 5.75 Å². The lowest BCUT2D eigenvalue weighted by Crippen LogP contribution is -2.48. The number of likely N-dealkylation sites (tertiary alicyclic amines) is 1. The van der Waals surface area contributed by atoms with Gasteiger partial charge in [-0.15, -0.1) is 0 Å². The average Bonchev–Trinajstić information content (AvgIpc) is 2.33. The molecule has 86 valence electrons. The maximum atomic E-state index is 6.28. The largest absolute Gasteiger partial charge is 0.487 e. The summed E-state index contributed by atoms with van der Waals surface area (Å²) in [7, 11) is 2.20. The van der Waals surface area contributed by atoms with Crippen LogP contribution in [0.2, 0.25) is 0 Å². The fraction of sp³-hybridized carbons (Fsp3) is 0.571. The van der Waals surface area contributed by atoms with Gasteiger partial charge in [0.2, 0.25) is 0 Å². The quantitative estimate of drug-likeness (QED) is 0.662. The summed E-state index contributed by atoms with van der Waals surface area (Å²) in [6, 6.07) is 8.49. The molecule has 2 aliphatic heterocycles. The standard InChI is InChI=1S/C14H19NO/c1-15-10-8-14(9-11-15)7-6-12-4-2-3-5-13(12)16-14/h2-5H,6-11H2,1H3. The van der Waals surface area contributed by atoms with E-state index >= 15 is 0 Å². The minimum Gasteiger partial charge on any atom is -0.487 e. The number of aryl methyl sites for hydroxylation is 1. The highest BCUT2D eigenvalue weighted by atomic mass is 16.5. The molecule has 2 heterocycles. The molecule has 1 aromatic carbocycles. The molecule has 0 amide bonds.